The predicted octanol–water partition coefficient (Wildman–Crippen LogP) is 2.36. The Morgan fingerprint density at radius 1 is 1.28 bits per heavy atom. The molecule has 4 heteroatoms. The molecule has 0 atom stereocenters. The number of amides is 1. The molecule has 1 amide bonds. The fraction of sp³-hybridized carbons (Fsp3) is 0.286. The molecule has 96 valence electrons. The van der Waals surface area contributed by atoms with Crippen LogP contribution >= 0.6 is 0 Å². The van der Waals surface area contributed by atoms with Crippen LogP contribution in [0.5, 0.6) is 0 Å². The summed E-state index contributed by atoms with van der Waals surface area (Å²) >= 11 is 0. The van der Waals surface area contributed by atoms with E-state index in [4.69, 9.17) is 4.74 Å². The Morgan fingerprint density at radius 2 is 1.89 bits per heavy atom. The summed E-state index contributed by atoms with van der Waals surface area (Å²) < 4.78 is 4.76. The summed E-state index contributed by atoms with van der Waals surface area (Å²) in [6, 6.07) is 5.75. The number of carbonyl (C=O) groups excluding carboxylic acids is 2. The van der Waals surface area contributed by atoms with Gasteiger partial charge in [-0.3, -0.25) is 4.79 Å². The van der Waals surface area contributed by atoms with E-state index in [0.29, 0.717) is 0 Å². The largest absolute Gasteiger partial charge is 0.452 e. The first kappa shape index (κ1) is 14.0. The number of para-hydroxylation sites is 1. The molecule has 0 aliphatic heterocycles. The number of carbonyl (C=O) groups is 2. The fourth-order valence-corrected chi connectivity index (χ4v) is 1.51. The lowest BCUT2D eigenvalue weighted by Crippen LogP contribution is -2.21. The van der Waals surface area contributed by atoms with Crippen molar-refractivity contribution in [3.05, 3.63) is 41.5 Å². The van der Waals surface area contributed by atoms with Crippen molar-refractivity contribution in [1.29, 1.82) is 0 Å². The highest BCUT2D eigenvalue weighted by atomic mass is 16.5. The van der Waals surface area contributed by atoms with E-state index in [1.165, 1.54) is 6.08 Å². The third-order valence-corrected chi connectivity index (χ3v) is 2.39. The van der Waals surface area contributed by atoms with Crippen molar-refractivity contribution in [3.8, 4) is 0 Å². The molecular formula is C14H17NO3. The number of anilines is 1. The predicted molar refractivity (Wildman–Crippen MR) is 70.3 cm³/mol. The molecule has 0 heterocycles. The van der Waals surface area contributed by atoms with Crippen molar-refractivity contribution < 1.29 is 14.3 Å². The van der Waals surface area contributed by atoms with Crippen LogP contribution in [0.1, 0.15) is 18.1 Å². The highest BCUT2D eigenvalue weighted by Gasteiger charge is 2.08. The Kier molecular flexibility index (Phi) is 5.11. The van der Waals surface area contributed by atoms with Gasteiger partial charge in [0, 0.05) is 11.8 Å². The number of hydrogen-bond acceptors (Lipinski definition) is 3. The van der Waals surface area contributed by atoms with Crippen molar-refractivity contribution in [2.45, 2.75) is 20.8 Å². The molecule has 18 heavy (non-hydrogen) atoms. The standard InChI is InChI=1S/C14H17NO3/c1-4-6-13(17)18-9-12(16)15-14-10(2)7-5-8-11(14)3/h4-8H,9H2,1-3H3,(H,15,16)/b6-4+. The van der Waals surface area contributed by atoms with Crippen LogP contribution in [0.3, 0.4) is 0 Å². The lowest BCUT2D eigenvalue weighted by molar-refractivity contribution is -0.142. The zero-order chi connectivity index (χ0) is 13.5. The number of allylic oxidation sites excluding steroid dienone is 1. The fourth-order valence-electron chi connectivity index (χ4n) is 1.51. The van der Waals surface area contributed by atoms with Gasteiger partial charge in [0.05, 0.1) is 0 Å². The van der Waals surface area contributed by atoms with Crippen molar-refractivity contribution in [1.82, 2.24) is 0 Å². The number of nitrogens with one attached hydrogen (secondary N) is 1. The van der Waals surface area contributed by atoms with E-state index in [1.54, 1.807) is 13.0 Å². The van der Waals surface area contributed by atoms with Crippen LogP contribution in [0.25, 0.3) is 0 Å². The number of rotatable bonds is 4. The van der Waals surface area contributed by atoms with E-state index in [1.807, 2.05) is 32.0 Å². The number of benzene rings is 1. The maximum atomic E-state index is 11.6. The molecular weight excluding hydrogens is 230 g/mol. The molecule has 4 nitrogen and oxygen atoms in total. The molecule has 0 bridgehead atoms. The molecule has 0 saturated heterocycles. The Labute approximate surface area is 107 Å². The summed E-state index contributed by atoms with van der Waals surface area (Å²) in [7, 11) is 0. The normalized spacial score (nSPS) is 10.4. The van der Waals surface area contributed by atoms with Crippen LogP contribution in [0.4, 0.5) is 5.69 Å². The summed E-state index contributed by atoms with van der Waals surface area (Å²) in [5.74, 6) is -0.862. The van der Waals surface area contributed by atoms with Gasteiger partial charge in [0.1, 0.15) is 0 Å². The van der Waals surface area contributed by atoms with Crippen LogP contribution in [0.2, 0.25) is 0 Å². The first-order valence-electron chi connectivity index (χ1n) is 5.70. The van der Waals surface area contributed by atoms with Gasteiger partial charge in [-0.2, -0.15) is 0 Å². The maximum Gasteiger partial charge on any atom is 0.330 e. The van der Waals surface area contributed by atoms with Gasteiger partial charge in [0.2, 0.25) is 0 Å². The lowest BCUT2D eigenvalue weighted by atomic mass is 10.1. The highest BCUT2D eigenvalue weighted by molar-refractivity contribution is 5.95. The van der Waals surface area contributed by atoms with Gasteiger partial charge in [-0.15, -0.1) is 0 Å². The van der Waals surface area contributed by atoms with Gasteiger partial charge in [-0.1, -0.05) is 24.3 Å². The van der Waals surface area contributed by atoms with E-state index < -0.39 is 5.97 Å². The quantitative estimate of drug-likeness (QED) is 0.656. The number of ether oxygens (including phenoxy) is 1. The Morgan fingerprint density at radius 3 is 2.44 bits per heavy atom. The van der Waals surface area contributed by atoms with Crippen LogP contribution in [-0.4, -0.2) is 18.5 Å². The molecule has 1 aromatic rings. The second-order valence-corrected chi connectivity index (χ2v) is 3.92. The van der Waals surface area contributed by atoms with Gasteiger partial charge < -0.3 is 10.1 Å². The number of aryl methyl sites for hydroxylation is 2. The Hall–Kier alpha value is -2.10. The Bertz CT molecular complexity index is 458. The van der Waals surface area contributed by atoms with Gasteiger partial charge >= 0.3 is 5.97 Å². The molecule has 0 unspecified atom stereocenters. The molecule has 0 fully saturated rings. The van der Waals surface area contributed by atoms with Crippen molar-refractivity contribution in [2.75, 3.05) is 11.9 Å². The first-order chi connectivity index (χ1) is 8.54. The minimum Gasteiger partial charge on any atom is -0.452 e. The summed E-state index contributed by atoms with van der Waals surface area (Å²) in [4.78, 5) is 22.7. The summed E-state index contributed by atoms with van der Waals surface area (Å²) in [6.45, 7) is 5.25. The lowest BCUT2D eigenvalue weighted by Gasteiger charge is -2.11. The van der Waals surface area contributed by atoms with E-state index in [0.717, 1.165) is 16.8 Å². The highest BCUT2D eigenvalue weighted by Crippen LogP contribution is 2.19. The van der Waals surface area contributed by atoms with Gasteiger partial charge in [0.25, 0.3) is 5.91 Å². The first-order valence-corrected chi connectivity index (χ1v) is 5.70. The zero-order valence-electron chi connectivity index (χ0n) is 10.8. The van der Waals surface area contributed by atoms with Gasteiger partial charge in [0.15, 0.2) is 6.61 Å². The third kappa shape index (κ3) is 4.05. The molecule has 1 N–H and O–H groups in total. The minimum absolute atomic E-state index is 0.281. The van der Waals surface area contributed by atoms with Gasteiger partial charge in [-0.05, 0) is 31.9 Å². The molecule has 0 aliphatic carbocycles. The molecule has 0 aromatic heterocycles. The van der Waals surface area contributed by atoms with Crippen LogP contribution in [-0.2, 0) is 14.3 Å². The van der Waals surface area contributed by atoms with Crippen LogP contribution in [0, 0.1) is 13.8 Å². The molecule has 0 spiro atoms. The molecule has 0 radical (unpaired) electrons. The number of esters is 1. The monoisotopic (exact) mass is 247 g/mol. The zero-order valence-corrected chi connectivity index (χ0v) is 10.8. The second kappa shape index (κ2) is 6.59. The van der Waals surface area contributed by atoms with Crippen LogP contribution < -0.4 is 5.32 Å². The Balaban J connectivity index is 2.58. The van der Waals surface area contributed by atoms with Crippen molar-refractivity contribution >= 4 is 17.6 Å². The molecule has 0 saturated carbocycles. The summed E-state index contributed by atoms with van der Waals surface area (Å²) in [5.41, 5.74) is 2.72. The van der Waals surface area contributed by atoms with Gasteiger partial charge in [-0.25, -0.2) is 4.79 Å². The molecule has 0 aliphatic rings. The SMILES string of the molecule is C/C=C/C(=O)OCC(=O)Nc1c(C)cccc1C. The van der Waals surface area contributed by atoms with Crippen LogP contribution in [0.15, 0.2) is 30.4 Å². The smallest absolute Gasteiger partial charge is 0.330 e. The average molecular weight is 247 g/mol. The van der Waals surface area contributed by atoms with E-state index >= 15 is 0 Å². The minimum atomic E-state index is -0.519. The maximum absolute atomic E-state index is 11.6. The number of hydrogen-bond donors (Lipinski definition) is 1. The van der Waals surface area contributed by atoms with Crippen molar-refractivity contribution in [3.63, 3.8) is 0 Å². The molecule has 1 rings (SSSR count). The van der Waals surface area contributed by atoms with E-state index in [9.17, 15) is 9.59 Å². The topological polar surface area (TPSA) is 55.4 Å². The summed E-state index contributed by atoms with van der Waals surface area (Å²) in [6.07, 6.45) is 2.83. The van der Waals surface area contributed by atoms with Crippen molar-refractivity contribution in [2.24, 2.45) is 0 Å². The van der Waals surface area contributed by atoms with E-state index in [-0.39, 0.29) is 12.5 Å². The molecule has 1 aromatic carbocycles. The third-order valence-electron chi connectivity index (χ3n) is 2.39. The summed E-state index contributed by atoms with van der Waals surface area (Å²) in [5, 5.41) is 2.74. The second-order valence-electron chi connectivity index (χ2n) is 3.92. The average Bonchev–Trinajstić information content (AvgIpc) is 2.32. The van der Waals surface area contributed by atoms with E-state index in [2.05, 4.69) is 5.32 Å².